The third-order valence-corrected chi connectivity index (χ3v) is 12.6. The highest BCUT2D eigenvalue weighted by Crippen LogP contribution is 2.55. The van der Waals surface area contributed by atoms with Gasteiger partial charge in [-0.3, -0.25) is 9.59 Å². The number of benzene rings is 4. The Kier molecular flexibility index (Phi) is 9.18. The molecule has 2 aliphatic carbocycles. The van der Waals surface area contributed by atoms with Gasteiger partial charge in [-0.25, -0.2) is 19.6 Å². The van der Waals surface area contributed by atoms with Gasteiger partial charge >= 0.3 is 12.2 Å². The summed E-state index contributed by atoms with van der Waals surface area (Å²) in [6.45, 7) is 0. The lowest BCUT2D eigenvalue weighted by Crippen LogP contribution is -2.44. The number of aromatic amines is 2. The second-order valence-corrected chi connectivity index (χ2v) is 16.2. The van der Waals surface area contributed by atoms with Crippen LogP contribution >= 0.6 is 0 Å². The normalized spacial score (nSPS) is 23.3. The number of rotatable bonds is 11. The molecule has 0 radical (unpaired) electrons. The first kappa shape index (κ1) is 37.1. The highest BCUT2D eigenvalue weighted by molar-refractivity contribution is 5.89. The van der Waals surface area contributed by atoms with Gasteiger partial charge < -0.3 is 40.6 Å². The minimum Gasteiger partial charge on any atom is -0.465 e. The van der Waals surface area contributed by atoms with Gasteiger partial charge in [-0.1, -0.05) is 109 Å². The van der Waals surface area contributed by atoms with Crippen molar-refractivity contribution in [3.63, 3.8) is 0 Å². The number of aromatic nitrogens is 4. The predicted octanol–water partition coefficient (Wildman–Crippen LogP) is 7.48. The maximum absolute atomic E-state index is 14.0. The van der Waals surface area contributed by atoms with Crippen LogP contribution in [0.4, 0.5) is 9.59 Å². The summed E-state index contributed by atoms with van der Waals surface area (Å²) in [5, 5.41) is 24.0. The molecule has 4 aromatic carbocycles. The summed E-state index contributed by atoms with van der Waals surface area (Å²) in [6.07, 6.45) is 4.42. The first-order valence-corrected chi connectivity index (χ1v) is 20.2. The number of carboxylic acid groups (broad SMARTS) is 2. The molecule has 2 saturated carbocycles. The number of amides is 4. The van der Waals surface area contributed by atoms with Gasteiger partial charge in [0.25, 0.3) is 11.8 Å². The van der Waals surface area contributed by atoms with Gasteiger partial charge in [0.1, 0.15) is 23.7 Å². The van der Waals surface area contributed by atoms with Crippen LogP contribution in [0.3, 0.4) is 0 Å². The van der Waals surface area contributed by atoms with Crippen molar-refractivity contribution in [2.24, 2.45) is 11.8 Å². The molecule has 0 unspecified atom stereocenters. The molecule has 6 N–H and O–H groups in total. The average Bonchev–Trinajstić information content (AvgIpc) is 3.85. The Morgan fingerprint density at radius 1 is 0.533 bits per heavy atom. The fourth-order valence-electron chi connectivity index (χ4n) is 9.44. The number of likely N-dealkylation sites (tertiary alicyclic amines) is 2. The molecule has 4 heterocycles. The highest BCUT2D eigenvalue weighted by atomic mass is 16.4. The van der Waals surface area contributed by atoms with Crippen LogP contribution < -0.4 is 10.6 Å². The summed E-state index contributed by atoms with van der Waals surface area (Å²) >= 11 is 0. The summed E-state index contributed by atoms with van der Waals surface area (Å²) in [6, 6.07) is 31.8. The topological polar surface area (TPSA) is 197 Å². The van der Waals surface area contributed by atoms with Crippen molar-refractivity contribution >= 4 is 24.0 Å². The van der Waals surface area contributed by atoms with E-state index in [-0.39, 0.29) is 36.0 Å². The first-order chi connectivity index (χ1) is 29.2. The summed E-state index contributed by atoms with van der Waals surface area (Å²) in [5.74, 6) is 1.57. The van der Waals surface area contributed by atoms with Crippen LogP contribution in [0.25, 0.3) is 33.6 Å². The van der Waals surface area contributed by atoms with E-state index in [1.165, 1.54) is 0 Å². The largest absolute Gasteiger partial charge is 0.465 e. The molecule has 6 aromatic rings. The standard InChI is InChI=1S/C46H42N8O6/c55-43(39(51-45(57)58)29-7-3-1-4-8-29)53-35-19-31(35)21-37(53)41-47-23-33(49-41)27-15-11-25(12-16-27)26-13-17-28(18-14-26)34-24-48-42(50-34)38-22-32-20-36(32)54(38)44(56)40(52-46(59)60)30-9-5-2-6-10-30/h1-18,23-24,31-32,35-40,51-52H,19-22H2,(H,47,49)(H,48,50)(H,57,58)(H,59,60)/t31-,32-,35-,36-,37+,38+,39-,40-/m1/s1. The molecule has 4 fully saturated rings. The zero-order valence-corrected chi connectivity index (χ0v) is 32.3. The molecule has 2 aromatic heterocycles. The Balaban J connectivity index is 0.818. The van der Waals surface area contributed by atoms with Crippen molar-refractivity contribution in [1.29, 1.82) is 0 Å². The Hall–Kier alpha value is -7.22. The molecule has 2 saturated heterocycles. The molecule has 4 amide bonds. The fraction of sp³-hybridized carbons (Fsp3) is 0.261. The van der Waals surface area contributed by atoms with Crippen LogP contribution in [0.1, 0.15) is 72.6 Å². The van der Waals surface area contributed by atoms with Crippen molar-refractivity contribution in [1.82, 2.24) is 40.4 Å². The number of hydrogen-bond acceptors (Lipinski definition) is 6. The Bertz CT molecular complexity index is 2400. The summed E-state index contributed by atoms with van der Waals surface area (Å²) in [5.41, 5.74) is 6.80. The molecule has 302 valence electrons. The average molecular weight is 803 g/mol. The Morgan fingerprint density at radius 3 is 1.27 bits per heavy atom. The van der Waals surface area contributed by atoms with E-state index in [1.807, 2.05) is 46.2 Å². The summed E-state index contributed by atoms with van der Waals surface area (Å²) < 4.78 is 0. The lowest BCUT2D eigenvalue weighted by molar-refractivity contribution is -0.136. The number of piperidine rings is 2. The molecule has 0 bridgehead atoms. The maximum Gasteiger partial charge on any atom is 0.405 e. The molecule has 2 aliphatic heterocycles. The van der Waals surface area contributed by atoms with Crippen LogP contribution in [-0.2, 0) is 9.59 Å². The van der Waals surface area contributed by atoms with Gasteiger partial charge in [-0.2, -0.15) is 0 Å². The zero-order valence-electron chi connectivity index (χ0n) is 32.3. The molecular weight excluding hydrogens is 761 g/mol. The van der Waals surface area contributed by atoms with Gasteiger partial charge in [0, 0.05) is 12.1 Å². The van der Waals surface area contributed by atoms with E-state index in [0.29, 0.717) is 34.6 Å². The molecule has 10 rings (SSSR count). The van der Waals surface area contributed by atoms with E-state index >= 15 is 0 Å². The van der Waals surface area contributed by atoms with E-state index in [9.17, 15) is 29.4 Å². The molecular formula is C46H42N8O6. The van der Waals surface area contributed by atoms with Crippen molar-refractivity contribution in [3.8, 4) is 33.6 Å². The smallest absolute Gasteiger partial charge is 0.405 e. The van der Waals surface area contributed by atoms with E-state index < -0.39 is 24.3 Å². The summed E-state index contributed by atoms with van der Waals surface area (Å²) in [7, 11) is 0. The van der Waals surface area contributed by atoms with Crippen molar-refractivity contribution in [3.05, 3.63) is 144 Å². The number of nitrogens with one attached hydrogen (secondary N) is 4. The third-order valence-electron chi connectivity index (χ3n) is 12.6. The van der Waals surface area contributed by atoms with Crippen molar-refractivity contribution < 1.29 is 29.4 Å². The monoisotopic (exact) mass is 802 g/mol. The minimum absolute atomic E-state index is 0.0700. The lowest BCUT2D eigenvalue weighted by Gasteiger charge is -2.30. The molecule has 60 heavy (non-hydrogen) atoms. The number of fused-ring (bicyclic) bond motifs is 2. The number of H-pyrrole nitrogens is 2. The van der Waals surface area contributed by atoms with Gasteiger partial charge in [0.15, 0.2) is 0 Å². The van der Waals surface area contributed by atoms with Crippen LogP contribution in [-0.4, -0.2) is 76.0 Å². The van der Waals surface area contributed by atoms with Crippen LogP contribution in [0.2, 0.25) is 0 Å². The van der Waals surface area contributed by atoms with E-state index in [2.05, 4.69) is 44.9 Å². The lowest BCUT2D eigenvalue weighted by atomic mass is 10.0. The maximum atomic E-state index is 14.0. The minimum atomic E-state index is -1.25. The second kappa shape index (κ2) is 14.9. The molecule has 8 atom stereocenters. The van der Waals surface area contributed by atoms with E-state index in [4.69, 9.17) is 9.97 Å². The van der Waals surface area contributed by atoms with Crippen molar-refractivity contribution in [2.45, 2.75) is 61.9 Å². The quantitative estimate of drug-likeness (QED) is 0.0776. The van der Waals surface area contributed by atoms with Gasteiger partial charge in [0.2, 0.25) is 0 Å². The number of nitrogens with zero attached hydrogens (tertiary/aromatic N) is 4. The van der Waals surface area contributed by atoms with Gasteiger partial charge in [-0.15, -0.1) is 0 Å². The molecule has 4 aliphatic rings. The number of hydrogen-bond donors (Lipinski definition) is 6. The fourth-order valence-corrected chi connectivity index (χ4v) is 9.44. The van der Waals surface area contributed by atoms with E-state index in [1.54, 1.807) is 60.9 Å². The summed E-state index contributed by atoms with van der Waals surface area (Å²) in [4.78, 5) is 71.4. The van der Waals surface area contributed by atoms with Crippen molar-refractivity contribution in [2.75, 3.05) is 0 Å². The highest BCUT2D eigenvalue weighted by Gasteiger charge is 2.57. The molecule has 14 heteroatoms. The Morgan fingerprint density at radius 2 is 0.900 bits per heavy atom. The molecule has 0 spiro atoms. The SMILES string of the molecule is O=C(O)N[C@@H](C(=O)N1[C@@H]2C[C@@H]2C[C@H]1c1ncc(-c2ccc(-c3ccc(-c4cnc([C@@H]5C[C@H]6C[C@H]6N5C(=O)[C@H](NC(=O)O)c5ccccc5)[nH]4)cc3)cc2)[nH]1)c1ccccc1. The zero-order chi connectivity index (χ0) is 41.1. The molecule has 14 nitrogen and oxygen atoms in total. The van der Waals surface area contributed by atoms with Gasteiger partial charge in [-0.05, 0) is 70.9 Å². The van der Waals surface area contributed by atoms with Crippen LogP contribution in [0.15, 0.2) is 122 Å². The van der Waals surface area contributed by atoms with Crippen LogP contribution in [0, 0.1) is 11.8 Å². The van der Waals surface area contributed by atoms with Gasteiger partial charge in [0.05, 0.1) is 35.9 Å². The number of carbonyl (C=O) groups is 4. The second-order valence-electron chi connectivity index (χ2n) is 16.2. The Labute approximate surface area is 344 Å². The number of imidazole rings is 2. The van der Waals surface area contributed by atoms with Crippen LogP contribution in [0.5, 0.6) is 0 Å². The number of carbonyl (C=O) groups excluding carboxylic acids is 2. The van der Waals surface area contributed by atoms with E-state index in [0.717, 1.165) is 59.3 Å². The predicted molar refractivity (Wildman–Crippen MR) is 220 cm³/mol. The first-order valence-electron chi connectivity index (χ1n) is 20.2. The third kappa shape index (κ3) is 6.93.